The molecule has 0 spiro atoms. The van der Waals surface area contributed by atoms with Gasteiger partial charge in [0.05, 0.1) is 18.7 Å². The number of esters is 1. The van der Waals surface area contributed by atoms with Crippen LogP contribution >= 0.6 is 0 Å². The first kappa shape index (κ1) is 18.8. The SMILES string of the molecule is COC(=O)C1CCN(C(=O)c2ccc(OCc3ccccc3)c(N)c2)CC1. The molecule has 1 aliphatic heterocycles. The Hall–Kier alpha value is -3.02. The Balaban J connectivity index is 1.60. The Bertz CT molecular complexity index is 799. The summed E-state index contributed by atoms with van der Waals surface area (Å²) >= 11 is 0. The van der Waals surface area contributed by atoms with Crippen LogP contribution in [0.1, 0.15) is 28.8 Å². The van der Waals surface area contributed by atoms with E-state index in [1.54, 1.807) is 23.1 Å². The van der Waals surface area contributed by atoms with Crippen LogP contribution in [0.15, 0.2) is 48.5 Å². The van der Waals surface area contributed by atoms with Gasteiger partial charge in [-0.15, -0.1) is 0 Å². The third-order valence-corrected chi connectivity index (χ3v) is 4.81. The van der Waals surface area contributed by atoms with Crippen LogP contribution in [0.5, 0.6) is 5.75 Å². The van der Waals surface area contributed by atoms with Crippen LogP contribution in [0.2, 0.25) is 0 Å². The molecule has 6 heteroatoms. The van der Waals surface area contributed by atoms with Crippen LogP contribution in [0, 0.1) is 5.92 Å². The monoisotopic (exact) mass is 368 g/mol. The van der Waals surface area contributed by atoms with Crippen LogP contribution in [-0.4, -0.2) is 37.0 Å². The van der Waals surface area contributed by atoms with Crippen molar-refractivity contribution >= 4 is 17.6 Å². The van der Waals surface area contributed by atoms with Gasteiger partial charge in [0.1, 0.15) is 12.4 Å². The summed E-state index contributed by atoms with van der Waals surface area (Å²) in [6, 6.07) is 14.9. The van der Waals surface area contributed by atoms with E-state index >= 15 is 0 Å². The minimum absolute atomic E-state index is 0.0837. The highest BCUT2D eigenvalue weighted by atomic mass is 16.5. The number of carbonyl (C=O) groups is 2. The summed E-state index contributed by atoms with van der Waals surface area (Å²) in [6.45, 7) is 1.48. The molecule has 0 aliphatic carbocycles. The summed E-state index contributed by atoms with van der Waals surface area (Å²) in [4.78, 5) is 26.1. The topological polar surface area (TPSA) is 81.9 Å². The number of piperidine rings is 1. The van der Waals surface area contributed by atoms with E-state index in [0.29, 0.717) is 49.5 Å². The first-order chi connectivity index (χ1) is 13.1. The Morgan fingerprint density at radius 3 is 2.44 bits per heavy atom. The van der Waals surface area contributed by atoms with Gasteiger partial charge in [-0.1, -0.05) is 30.3 Å². The zero-order valence-corrected chi connectivity index (χ0v) is 15.4. The number of ether oxygens (including phenoxy) is 2. The van der Waals surface area contributed by atoms with Gasteiger partial charge in [0, 0.05) is 18.7 Å². The molecule has 27 heavy (non-hydrogen) atoms. The molecule has 2 N–H and O–H groups in total. The first-order valence-corrected chi connectivity index (χ1v) is 9.02. The predicted molar refractivity (Wildman–Crippen MR) is 102 cm³/mol. The number of methoxy groups -OCH3 is 1. The number of rotatable bonds is 5. The third-order valence-electron chi connectivity index (χ3n) is 4.81. The molecular weight excluding hydrogens is 344 g/mol. The van der Waals surface area contributed by atoms with Gasteiger partial charge in [0.25, 0.3) is 5.91 Å². The Labute approximate surface area is 158 Å². The number of amides is 1. The van der Waals surface area contributed by atoms with E-state index in [4.69, 9.17) is 15.2 Å². The number of nitrogens with zero attached hydrogens (tertiary/aromatic N) is 1. The molecule has 2 aromatic carbocycles. The van der Waals surface area contributed by atoms with E-state index < -0.39 is 0 Å². The van der Waals surface area contributed by atoms with Gasteiger partial charge in [-0.3, -0.25) is 9.59 Å². The lowest BCUT2D eigenvalue weighted by Gasteiger charge is -2.30. The molecule has 1 saturated heterocycles. The van der Waals surface area contributed by atoms with Crippen LogP contribution in [0.3, 0.4) is 0 Å². The number of hydrogen-bond acceptors (Lipinski definition) is 5. The van der Waals surface area contributed by atoms with Crippen molar-refractivity contribution in [2.75, 3.05) is 25.9 Å². The average molecular weight is 368 g/mol. The molecule has 2 aromatic rings. The molecule has 6 nitrogen and oxygen atoms in total. The van der Waals surface area contributed by atoms with Gasteiger partial charge in [-0.2, -0.15) is 0 Å². The normalized spacial score (nSPS) is 14.6. The summed E-state index contributed by atoms with van der Waals surface area (Å²) in [5, 5.41) is 0. The van der Waals surface area contributed by atoms with E-state index in [-0.39, 0.29) is 17.8 Å². The molecule has 0 unspecified atom stereocenters. The fourth-order valence-electron chi connectivity index (χ4n) is 3.22. The summed E-state index contributed by atoms with van der Waals surface area (Å²) in [6.07, 6.45) is 1.23. The van der Waals surface area contributed by atoms with Gasteiger partial charge in [0.15, 0.2) is 0 Å². The molecular formula is C21H24N2O4. The Kier molecular flexibility index (Phi) is 5.96. The van der Waals surface area contributed by atoms with Crippen molar-refractivity contribution in [3.8, 4) is 5.75 Å². The maximum Gasteiger partial charge on any atom is 0.308 e. The quantitative estimate of drug-likeness (QED) is 0.648. The predicted octanol–water partition coefficient (Wildman–Crippen LogP) is 2.87. The molecule has 0 radical (unpaired) electrons. The molecule has 1 fully saturated rings. The molecule has 3 rings (SSSR count). The maximum absolute atomic E-state index is 12.7. The van der Waals surface area contributed by atoms with Crippen molar-refractivity contribution in [3.63, 3.8) is 0 Å². The van der Waals surface area contributed by atoms with Crippen LogP contribution in [0.25, 0.3) is 0 Å². The minimum Gasteiger partial charge on any atom is -0.487 e. The van der Waals surface area contributed by atoms with E-state index in [2.05, 4.69) is 0 Å². The van der Waals surface area contributed by atoms with Gasteiger partial charge in [-0.25, -0.2) is 0 Å². The number of likely N-dealkylation sites (tertiary alicyclic amines) is 1. The zero-order chi connectivity index (χ0) is 19.2. The average Bonchev–Trinajstić information content (AvgIpc) is 2.72. The van der Waals surface area contributed by atoms with Crippen LogP contribution in [0.4, 0.5) is 5.69 Å². The molecule has 1 amide bonds. The van der Waals surface area contributed by atoms with Gasteiger partial charge in [-0.05, 0) is 36.6 Å². The maximum atomic E-state index is 12.7. The smallest absolute Gasteiger partial charge is 0.308 e. The van der Waals surface area contributed by atoms with Crippen molar-refractivity contribution < 1.29 is 19.1 Å². The minimum atomic E-state index is -0.203. The Morgan fingerprint density at radius 1 is 1.11 bits per heavy atom. The largest absolute Gasteiger partial charge is 0.487 e. The fraction of sp³-hybridized carbons (Fsp3) is 0.333. The van der Waals surface area contributed by atoms with Crippen molar-refractivity contribution in [3.05, 3.63) is 59.7 Å². The summed E-state index contributed by atoms with van der Waals surface area (Å²) in [5.41, 5.74) is 8.08. The highest BCUT2D eigenvalue weighted by Crippen LogP contribution is 2.26. The lowest BCUT2D eigenvalue weighted by molar-refractivity contribution is -0.146. The van der Waals surface area contributed by atoms with Crippen molar-refractivity contribution in [2.45, 2.75) is 19.4 Å². The molecule has 1 aliphatic rings. The third kappa shape index (κ3) is 4.58. The number of nitrogen functional groups attached to an aromatic ring is 1. The second-order valence-corrected chi connectivity index (χ2v) is 6.62. The molecule has 1 heterocycles. The lowest BCUT2D eigenvalue weighted by atomic mass is 9.96. The van der Waals surface area contributed by atoms with E-state index in [9.17, 15) is 9.59 Å². The second-order valence-electron chi connectivity index (χ2n) is 6.62. The van der Waals surface area contributed by atoms with E-state index in [1.165, 1.54) is 7.11 Å². The van der Waals surface area contributed by atoms with Crippen molar-refractivity contribution in [1.82, 2.24) is 4.90 Å². The van der Waals surface area contributed by atoms with Crippen molar-refractivity contribution in [2.24, 2.45) is 5.92 Å². The number of carbonyl (C=O) groups excluding carboxylic acids is 2. The number of hydrogen-bond donors (Lipinski definition) is 1. The van der Waals surface area contributed by atoms with E-state index in [1.807, 2.05) is 30.3 Å². The van der Waals surface area contributed by atoms with Crippen LogP contribution < -0.4 is 10.5 Å². The molecule has 0 saturated carbocycles. The fourth-order valence-corrected chi connectivity index (χ4v) is 3.22. The lowest BCUT2D eigenvalue weighted by Crippen LogP contribution is -2.40. The molecule has 0 atom stereocenters. The van der Waals surface area contributed by atoms with Gasteiger partial charge in [0.2, 0.25) is 0 Å². The van der Waals surface area contributed by atoms with Gasteiger partial charge >= 0.3 is 5.97 Å². The summed E-state index contributed by atoms with van der Waals surface area (Å²) in [7, 11) is 1.39. The second kappa shape index (κ2) is 8.58. The molecule has 0 aromatic heterocycles. The van der Waals surface area contributed by atoms with Gasteiger partial charge < -0.3 is 20.1 Å². The summed E-state index contributed by atoms with van der Waals surface area (Å²) < 4.78 is 10.5. The Morgan fingerprint density at radius 2 is 1.81 bits per heavy atom. The number of nitrogens with two attached hydrogens (primary N) is 1. The van der Waals surface area contributed by atoms with Crippen LogP contribution in [-0.2, 0) is 16.1 Å². The first-order valence-electron chi connectivity index (χ1n) is 9.02. The number of anilines is 1. The molecule has 142 valence electrons. The standard InChI is InChI=1S/C21H24N2O4/c1-26-21(25)16-9-11-23(12-10-16)20(24)17-7-8-19(18(22)13-17)27-14-15-5-3-2-4-6-15/h2-8,13,16H,9-12,14,22H2,1H3. The number of benzene rings is 2. The van der Waals surface area contributed by atoms with Crippen molar-refractivity contribution in [1.29, 1.82) is 0 Å². The highest BCUT2D eigenvalue weighted by Gasteiger charge is 2.28. The van der Waals surface area contributed by atoms with E-state index in [0.717, 1.165) is 5.56 Å². The zero-order valence-electron chi connectivity index (χ0n) is 15.4. The highest BCUT2D eigenvalue weighted by molar-refractivity contribution is 5.95. The molecule has 0 bridgehead atoms. The summed E-state index contributed by atoms with van der Waals surface area (Å²) in [5.74, 6) is 0.142.